The molecule has 25 heavy (non-hydrogen) atoms. The lowest BCUT2D eigenvalue weighted by molar-refractivity contribution is -0.132. The molecule has 1 heterocycles. The molecule has 1 aromatic heterocycles. The molecule has 0 radical (unpaired) electrons. The van der Waals surface area contributed by atoms with E-state index in [1.54, 1.807) is 24.7 Å². The molecule has 0 unspecified atom stereocenters. The second kappa shape index (κ2) is 8.77. The maximum Gasteiger partial charge on any atom is 0.308 e. The van der Waals surface area contributed by atoms with Crippen LogP contribution < -0.4 is 9.47 Å². The Labute approximate surface area is 146 Å². The Balaban J connectivity index is 2.09. The SMILES string of the molecule is CC(=O)Oc1ccc(C(C)=NCCCn2ccnc2)c(OC(C)=O)c1. The fourth-order valence-electron chi connectivity index (χ4n) is 2.27. The lowest BCUT2D eigenvalue weighted by atomic mass is 10.1. The van der Waals surface area contributed by atoms with Crippen molar-refractivity contribution in [3.63, 3.8) is 0 Å². The quantitative estimate of drug-likeness (QED) is 0.334. The van der Waals surface area contributed by atoms with Crippen molar-refractivity contribution >= 4 is 17.7 Å². The number of benzene rings is 1. The van der Waals surface area contributed by atoms with E-state index < -0.39 is 11.9 Å². The number of hydrogen-bond donors (Lipinski definition) is 0. The molecule has 0 atom stereocenters. The van der Waals surface area contributed by atoms with Gasteiger partial charge in [0.25, 0.3) is 0 Å². The van der Waals surface area contributed by atoms with Crippen molar-refractivity contribution in [3.05, 3.63) is 42.5 Å². The highest BCUT2D eigenvalue weighted by atomic mass is 16.5. The maximum absolute atomic E-state index is 11.3. The smallest absolute Gasteiger partial charge is 0.308 e. The zero-order valence-electron chi connectivity index (χ0n) is 14.6. The molecule has 132 valence electrons. The van der Waals surface area contributed by atoms with Crippen molar-refractivity contribution in [1.29, 1.82) is 0 Å². The van der Waals surface area contributed by atoms with Gasteiger partial charge in [0.05, 0.1) is 6.33 Å². The van der Waals surface area contributed by atoms with E-state index in [2.05, 4.69) is 9.98 Å². The van der Waals surface area contributed by atoms with Gasteiger partial charge in [-0.15, -0.1) is 0 Å². The third-order valence-electron chi connectivity index (χ3n) is 3.34. The third-order valence-corrected chi connectivity index (χ3v) is 3.34. The summed E-state index contributed by atoms with van der Waals surface area (Å²) in [6.45, 7) is 5.95. The molecule has 0 aliphatic carbocycles. The molecule has 0 N–H and O–H groups in total. The number of imidazole rings is 1. The van der Waals surface area contributed by atoms with Crippen molar-refractivity contribution in [2.75, 3.05) is 6.54 Å². The zero-order chi connectivity index (χ0) is 18.2. The summed E-state index contributed by atoms with van der Waals surface area (Å²) in [7, 11) is 0. The van der Waals surface area contributed by atoms with Crippen LogP contribution in [-0.4, -0.2) is 33.7 Å². The molecule has 0 aliphatic rings. The first-order valence-corrected chi connectivity index (χ1v) is 7.93. The minimum absolute atomic E-state index is 0.320. The van der Waals surface area contributed by atoms with E-state index in [4.69, 9.17) is 9.47 Å². The van der Waals surface area contributed by atoms with Crippen LogP contribution in [0.15, 0.2) is 41.9 Å². The van der Waals surface area contributed by atoms with Gasteiger partial charge < -0.3 is 14.0 Å². The average molecular weight is 343 g/mol. The summed E-state index contributed by atoms with van der Waals surface area (Å²) in [5, 5.41) is 0. The molecule has 0 spiro atoms. The standard InChI is InChI=1S/C18H21N3O4/c1-13(20-7-4-9-21-10-8-19-12-21)17-6-5-16(24-14(2)22)11-18(17)25-15(3)23/h5-6,8,10-12H,4,7,9H2,1-3H3. The van der Waals surface area contributed by atoms with E-state index in [-0.39, 0.29) is 0 Å². The van der Waals surface area contributed by atoms with Crippen LogP contribution >= 0.6 is 0 Å². The number of aromatic nitrogens is 2. The summed E-state index contributed by atoms with van der Waals surface area (Å²) >= 11 is 0. The Kier molecular flexibility index (Phi) is 6.45. The molecule has 0 aliphatic heterocycles. The highest BCUT2D eigenvalue weighted by Crippen LogP contribution is 2.26. The number of aliphatic imine (C=N–C) groups is 1. The van der Waals surface area contributed by atoms with Gasteiger partial charge in [0.2, 0.25) is 0 Å². The summed E-state index contributed by atoms with van der Waals surface area (Å²) < 4.78 is 12.3. The Morgan fingerprint density at radius 1 is 1.16 bits per heavy atom. The Hall–Kier alpha value is -2.96. The van der Waals surface area contributed by atoms with Gasteiger partial charge in [0.15, 0.2) is 0 Å². The van der Waals surface area contributed by atoms with E-state index >= 15 is 0 Å². The van der Waals surface area contributed by atoms with Crippen molar-refractivity contribution < 1.29 is 19.1 Å². The number of rotatable bonds is 7. The Bertz CT molecular complexity index is 767. The molecule has 0 bridgehead atoms. The molecule has 7 nitrogen and oxygen atoms in total. The van der Waals surface area contributed by atoms with E-state index in [0.717, 1.165) is 18.7 Å². The first-order chi connectivity index (χ1) is 12.0. The fraction of sp³-hybridized carbons (Fsp3) is 0.333. The topological polar surface area (TPSA) is 82.8 Å². The first-order valence-electron chi connectivity index (χ1n) is 7.93. The van der Waals surface area contributed by atoms with Crippen LogP contribution in [0.4, 0.5) is 0 Å². The molecular weight excluding hydrogens is 322 g/mol. The number of nitrogens with zero attached hydrogens (tertiary/aromatic N) is 3. The van der Waals surface area contributed by atoms with Crippen LogP contribution in [0.1, 0.15) is 32.8 Å². The predicted molar refractivity (Wildman–Crippen MR) is 93.0 cm³/mol. The molecule has 0 fully saturated rings. The van der Waals surface area contributed by atoms with E-state index in [0.29, 0.717) is 23.6 Å². The van der Waals surface area contributed by atoms with Gasteiger partial charge in [-0.05, 0) is 25.5 Å². The van der Waals surface area contributed by atoms with Crippen molar-refractivity contribution in [3.8, 4) is 11.5 Å². The lowest BCUT2D eigenvalue weighted by Crippen LogP contribution is -2.09. The molecule has 1 aromatic carbocycles. The number of carbonyl (C=O) groups is 2. The highest BCUT2D eigenvalue weighted by Gasteiger charge is 2.12. The number of esters is 2. The lowest BCUT2D eigenvalue weighted by Gasteiger charge is -2.11. The van der Waals surface area contributed by atoms with E-state index in [1.165, 1.54) is 19.9 Å². The number of hydrogen-bond acceptors (Lipinski definition) is 6. The van der Waals surface area contributed by atoms with Crippen LogP contribution in [0.5, 0.6) is 11.5 Å². The summed E-state index contributed by atoms with van der Waals surface area (Å²) in [5.74, 6) is -0.247. The van der Waals surface area contributed by atoms with Gasteiger partial charge >= 0.3 is 11.9 Å². The normalized spacial score (nSPS) is 11.2. The van der Waals surface area contributed by atoms with Gasteiger partial charge in [0.1, 0.15) is 11.5 Å². The van der Waals surface area contributed by atoms with E-state index in [9.17, 15) is 9.59 Å². The minimum atomic E-state index is -0.450. The summed E-state index contributed by atoms with van der Waals surface area (Å²) in [6.07, 6.45) is 6.28. The van der Waals surface area contributed by atoms with Gasteiger partial charge in [0, 0.05) is 56.7 Å². The van der Waals surface area contributed by atoms with Crippen LogP contribution in [-0.2, 0) is 16.1 Å². The molecule has 0 amide bonds. The molecular formula is C18H21N3O4. The molecule has 0 saturated heterocycles. The van der Waals surface area contributed by atoms with Crippen LogP contribution in [0.3, 0.4) is 0 Å². The second-order valence-electron chi connectivity index (χ2n) is 5.47. The minimum Gasteiger partial charge on any atom is -0.427 e. The maximum atomic E-state index is 11.3. The van der Waals surface area contributed by atoms with Crippen molar-refractivity contribution in [2.45, 2.75) is 33.7 Å². The number of ether oxygens (including phenoxy) is 2. The van der Waals surface area contributed by atoms with Gasteiger partial charge in [-0.2, -0.15) is 0 Å². The second-order valence-corrected chi connectivity index (χ2v) is 5.47. The Morgan fingerprint density at radius 3 is 2.56 bits per heavy atom. The van der Waals surface area contributed by atoms with Crippen molar-refractivity contribution in [1.82, 2.24) is 9.55 Å². The predicted octanol–water partition coefficient (Wildman–Crippen LogP) is 2.63. The van der Waals surface area contributed by atoms with Crippen LogP contribution in [0.25, 0.3) is 0 Å². The average Bonchev–Trinajstić information content (AvgIpc) is 3.03. The first kappa shape index (κ1) is 18.4. The number of aryl methyl sites for hydroxylation is 1. The number of carbonyl (C=O) groups excluding carboxylic acids is 2. The zero-order valence-corrected chi connectivity index (χ0v) is 14.6. The third kappa shape index (κ3) is 5.87. The summed E-state index contributed by atoms with van der Waals surface area (Å²) in [4.78, 5) is 30.9. The highest BCUT2D eigenvalue weighted by molar-refractivity contribution is 6.01. The van der Waals surface area contributed by atoms with Gasteiger partial charge in [-0.25, -0.2) is 4.98 Å². The summed E-state index contributed by atoms with van der Waals surface area (Å²) in [6, 6.07) is 4.89. The van der Waals surface area contributed by atoms with Gasteiger partial charge in [-0.3, -0.25) is 14.6 Å². The molecule has 0 saturated carbocycles. The largest absolute Gasteiger partial charge is 0.427 e. The van der Waals surface area contributed by atoms with Crippen LogP contribution in [0.2, 0.25) is 0 Å². The van der Waals surface area contributed by atoms with Gasteiger partial charge in [-0.1, -0.05) is 0 Å². The molecule has 7 heteroatoms. The Morgan fingerprint density at radius 2 is 1.92 bits per heavy atom. The van der Waals surface area contributed by atoms with E-state index in [1.807, 2.05) is 17.7 Å². The molecule has 2 rings (SSSR count). The van der Waals surface area contributed by atoms with Crippen molar-refractivity contribution in [2.24, 2.45) is 4.99 Å². The van der Waals surface area contributed by atoms with Crippen LogP contribution in [0, 0.1) is 0 Å². The fourth-order valence-corrected chi connectivity index (χ4v) is 2.27. The molecule has 2 aromatic rings. The monoisotopic (exact) mass is 343 g/mol. The summed E-state index contributed by atoms with van der Waals surface area (Å²) in [5.41, 5.74) is 1.44.